The van der Waals surface area contributed by atoms with E-state index in [9.17, 15) is 9.59 Å². The lowest BCUT2D eigenvalue weighted by molar-refractivity contribution is -0.135. The summed E-state index contributed by atoms with van der Waals surface area (Å²) in [7, 11) is 1.52. The molecule has 156 valence electrons. The fourth-order valence-electron chi connectivity index (χ4n) is 3.86. The van der Waals surface area contributed by atoms with E-state index in [1.54, 1.807) is 19.2 Å². The number of amides is 2. The van der Waals surface area contributed by atoms with Gasteiger partial charge in [-0.05, 0) is 46.3 Å². The third-order valence-corrected chi connectivity index (χ3v) is 6.22. The minimum absolute atomic E-state index is 0.164. The van der Waals surface area contributed by atoms with Crippen molar-refractivity contribution < 1.29 is 19.1 Å². The van der Waals surface area contributed by atoms with Gasteiger partial charge in [0, 0.05) is 17.5 Å². The molecule has 1 aliphatic heterocycles. The lowest BCUT2D eigenvalue weighted by Gasteiger charge is -2.41. The minimum atomic E-state index is -0.611. The molecule has 0 saturated heterocycles. The van der Waals surface area contributed by atoms with Gasteiger partial charge in [-0.1, -0.05) is 0 Å². The van der Waals surface area contributed by atoms with Crippen molar-refractivity contribution in [1.29, 1.82) is 0 Å². The Labute approximate surface area is 173 Å². The van der Waals surface area contributed by atoms with Crippen LogP contribution in [0.15, 0.2) is 12.3 Å². The SMILES string of the molecule is C/C=C(/OC)c1c[nH]nc1C(=O)Nc1sc2c(c1C(N)=O)CC(C)(C)OC2(C)C. The number of carbonyl (C=O) groups is 2. The summed E-state index contributed by atoms with van der Waals surface area (Å²) < 4.78 is 11.5. The second kappa shape index (κ2) is 7.31. The topological polar surface area (TPSA) is 119 Å². The first-order chi connectivity index (χ1) is 13.5. The highest BCUT2D eigenvalue weighted by atomic mass is 32.1. The van der Waals surface area contributed by atoms with Gasteiger partial charge < -0.3 is 20.5 Å². The van der Waals surface area contributed by atoms with Crippen LogP contribution in [-0.2, 0) is 21.5 Å². The Hall–Kier alpha value is -2.65. The Morgan fingerprint density at radius 1 is 1.38 bits per heavy atom. The summed E-state index contributed by atoms with van der Waals surface area (Å²) in [5.41, 5.74) is 6.48. The summed E-state index contributed by atoms with van der Waals surface area (Å²) in [6.45, 7) is 9.63. The zero-order valence-corrected chi connectivity index (χ0v) is 18.2. The lowest BCUT2D eigenvalue weighted by Crippen LogP contribution is -2.42. The summed E-state index contributed by atoms with van der Waals surface area (Å²) in [6, 6.07) is 0. The van der Waals surface area contributed by atoms with E-state index in [4.69, 9.17) is 15.2 Å². The Kier molecular flexibility index (Phi) is 5.31. The van der Waals surface area contributed by atoms with E-state index in [1.807, 2.05) is 27.7 Å². The molecule has 3 rings (SSSR count). The number of methoxy groups -OCH3 is 1. The van der Waals surface area contributed by atoms with Crippen molar-refractivity contribution >= 4 is 33.9 Å². The first-order valence-corrected chi connectivity index (χ1v) is 10.0. The number of hydrogen-bond acceptors (Lipinski definition) is 6. The molecule has 0 spiro atoms. The number of nitrogens with zero attached hydrogens (tertiary/aromatic N) is 1. The number of anilines is 1. The fourth-order valence-corrected chi connectivity index (χ4v) is 5.12. The maximum absolute atomic E-state index is 13.0. The van der Waals surface area contributed by atoms with E-state index in [-0.39, 0.29) is 5.69 Å². The Balaban J connectivity index is 2.04. The second-order valence-electron chi connectivity index (χ2n) is 7.99. The van der Waals surface area contributed by atoms with Crippen LogP contribution >= 0.6 is 11.3 Å². The number of ether oxygens (including phenoxy) is 2. The number of aromatic nitrogens is 2. The molecule has 0 aromatic carbocycles. The maximum atomic E-state index is 13.0. The van der Waals surface area contributed by atoms with Crippen LogP contribution < -0.4 is 11.1 Å². The van der Waals surface area contributed by atoms with Crippen molar-refractivity contribution in [2.45, 2.75) is 52.2 Å². The molecular formula is C20H26N4O4S. The molecule has 2 aromatic rings. The third-order valence-electron chi connectivity index (χ3n) is 4.76. The molecule has 29 heavy (non-hydrogen) atoms. The van der Waals surface area contributed by atoms with Crippen molar-refractivity contribution in [3.8, 4) is 0 Å². The lowest BCUT2D eigenvalue weighted by atomic mass is 9.86. The normalized spacial score (nSPS) is 17.5. The molecule has 4 N–H and O–H groups in total. The summed E-state index contributed by atoms with van der Waals surface area (Å²) in [5, 5.41) is 9.94. The minimum Gasteiger partial charge on any atom is -0.496 e. The molecule has 0 radical (unpaired) electrons. The number of fused-ring (bicyclic) bond motifs is 1. The van der Waals surface area contributed by atoms with Gasteiger partial charge in [0.05, 0.1) is 29.4 Å². The fraction of sp³-hybridized carbons (Fsp3) is 0.450. The number of rotatable bonds is 5. The van der Waals surface area contributed by atoms with Crippen LogP contribution in [0.25, 0.3) is 5.76 Å². The molecule has 8 nitrogen and oxygen atoms in total. The summed E-state index contributed by atoms with van der Waals surface area (Å²) in [6.07, 6.45) is 3.85. The van der Waals surface area contributed by atoms with Crippen LogP contribution in [0.1, 0.15) is 71.5 Å². The number of primary amides is 1. The van der Waals surface area contributed by atoms with E-state index in [2.05, 4.69) is 15.5 Å². The number of thiophene rings is 1. The van der Waals surface area contributed by atoms with Gasteiger partial charge in [0.1, 0.15) is 10.8 Å². The quantitative estimate of drug-likeness (QED) is 0.643. The molecule has 0 fully saturated rings. The number of hydrogen-bond donors (Lipinski definition) is 3. The van der Waals surface area contributed by atoms with Gasteiger partial charge in [-0.25, -0.2) is 0 Å². The van der Waals surface area contributed by atoms with Gasteiger partial charge in [-0.3, -0.25) is 14.7 Å². The summed E-state index contributed by atoms with van der Waals surface area (Å²) >= 11 is 1.31. The van der Waals surface area contributed by atoms with E-state index >= 15 is 0 Å². The highest BCUT2D eigenvalue weighted by molar-refractivity contribution is 7.17. The van der Waals surface area contributed by atoms with Crippen LogP contribution in [0.2, 0.25) is 0 Å². The third kappa shape index (κ3) is 3.79. The Bertz CT molecular complexity index is 1000. The van der Waals surface area contributed by atoms with Gasteiger partial charge in [-0.2, -0.15) is 5.10 Å². The van der Waals surface area contributed by atoms with Gasteiger partial charge in [0.25, 0.3) is 11.8 Å². The molecule has 2 amide bonds. The van der Waals surface area contributed by atoms with Gasteiger partial charge in [0.15, 0.2) is 5.69 Å². The zero-order valence-electron chi connectivity index (χ0n) is 17.4. The van der Waals surface area contributed by atoms with E-state index in [0.717, 1.165) is 10.4 Å². The monoisotopic (exact) mass is 418 g/mol. The second-order valence-corrected chi connectivity index (χ2v) is 9.01. The van der Waals surface area contributed by atoms with Crippen molar-refractivity contribution in [3.05, 3.63) is 39.5 Å². The van der Waals surface area contributed by atoms with E-state index in [1.165, 1.54) is 18.4 Å². The number of nitrogens with one attached hydrogen (secondary N) is 2. The molecule has 9 heteroatoms. The largest absolute Gasteiger partial charge is 0.496 e. The first-order valence-electron chi connectivity index (χ1n) is 9.22. The van der Waals surface area contributed by atoms with Crippen molar-refractivity contribution in [1.82, 2.24) is 10.2 Å². The predicted molar refractivity (Wildman–Crippen MR) is 112 cm³/mol. The standard InChI is InChI=1S/C20H26N4O4S/c1-7-12(27-6)11-9-22-24-14(11)17(26)23-18-13(16(21)25)10-8-19(2,3)28-20(4,5)15(10)29-18/h7,9H,8H2,1-6H3,(H2,21,25)(H,22,24)(H,23,26)/b12-7+. The predicted octanol–water partition coefficient (Wildman–Crippen LogP) is 3.42. The van der Waals surface area contributed by atoms with Crippen LogP contribution in [0.5, 0.6) is 0 Å². The number of carbonyl (C=O) groups excluding carboxylic acids is 2. The average Bonchev–Trinajstić information content (AvgIpc) is 3.19. The zero-order chi connectivity index (χ0) is 21.6. The molecule has 0 saturated carbocycles. The molecule has 2 aromatic heterocycles. The molecule has 1 aliphatic rings. The smallest absolute Gasteiger partial charge is 0.277 e. The molecule has 0 bridgehead atoms. The Morgan fingerprint density at radius 3 is 2.66 bits per heavy atom. The van der Waals surface area contributed by atoms with Gasteiger partial charge in [0.2, 0.25) is 0 Å². The number of allylic oxidation sites excluding steroid dienone is 1. The summed E-state index contributed by atoms with van der Waals surface area (Å²) in [5.74, 6) is -0.530. The highest BCUT2D eigenvalue weighted by Crippen LogP contribution is 2.48. The number of aromatic amines is 1. The molecule has 0 unspecified atom stereocenters. The van der Waals surface area contributed by atoms with Crippen molar-refractivity contribution in [2.24, 2.45) is 5.73 Å². The maximum Gasteiger partial charge on any atom is 0.277 e. The van der Waals surface area contributed by atoms with Crippen LogP contribution in [0, 0.1) is 0 Å². The van der Waals surface area contributed by atoms with E-state index in [0.29, 0.717) is 28.3 Å². The number of nitrogens with two attached hydrogens (primary N) is 1. The molecule has 0 aliphatic carbocycles. The van der Waals surface area contributed by atoms with Gasteiger partial charge >= 0.3 is 0 Å². The van der Waals surface area contributed by atoms with Crippen LogP contribution in [-0.4, -0.2) is 34.7 Å². The van der Waals surface area contributed by atoms with Crippen molar-refractivity contribution in [3.63, 3.8) is 0 Å². The first kappa shape index (κ1) is 21.1. The number of H-pyrrole nitrogens is 1. The van der Waals surface area contributed by atoms with Crippen LogP contribution in [0.3, 0.4) is 0 Å². The van der Waals surface area contributed by atoms with Gasteiger partial charge in [-0.15, -0.1) is 11.3 Å². The van der Waals surface area contributed by atoms with Crippen LogP contribution in [0.4, 0.5) is 5.00 Å². The molecular weight excluding hydrogens is 392 g/mol. The highest BCUT2D eigenvalue weighted by Gasteiger charge is 2.43. The Morgan fingerprint density at radius 2 is 2.07 bits per heavy atom. The summed E-state index contributed by atoms with van der Waals surface area (Å²) in [4.78, 5) is 26.1. The molecule has 0 atom stereocenters. The van der Waals surface area contributed by atoms with Crippen molar-refractivity contribution in [2.75, 3.05) is 12.4 Å². The molecule has 3 heterocycles. The average molecular weight is 419 g/mol. The van der Waals surface area contributed by atoms with E-state index < -0.39 is 23.0 Å².